The number of rotatable bonds is 2. The predicted octanol–water partition coefficient (Wildman–Crippen LogP) is -0.208. The van der Waals surface area contributed by atoms with Gasteiger partial charge in [-0.2, -0.15) is 12.7 Å². The van der Waals surface area contributed by atoms with Gasteiger partial charge in [-0.05, 0) is 13.5 Å². The number of hydrogen-bond donors (Lipinski definition) is 0. The second-order valence-electron chi connectivity index (χ2n) is 4.58. The lowest BCUT2D eigenvalue weighted by molar-refractivity contribution is 0.117. The molecule has 94 valence electrons. The Labute approximate surface area is 101 Å². The van der Waals surface area contributed by atoms with Crippen LogP contribution < -0.4 is 0 Å². The molecule has 2 saturated heterocycles. The Hall–Kier alpha value is 0.120. The maximum Gasteiger partial charge on any atom is 0.299 e. The van der Waals surface area contributed by atoms with E-state index in [0.29, 0.717) is 19.1 Å². The summed E-state index contributed by atoms with van der Waals surface area (Å²) >= 11 is 0. The van der Waals surface area contributed by atoms with Crippen molar-refractivity contribution in [3.63, 3.8) is 0 Å². The van der Waals surface area contributed by atoms with Crippen molar-refractivity contribution in [1.29, 1.82) is 0 Å². The largest absolute Gasteiger partial charge is 0.304 e. The summed E-state index contributed by atoms with van der Waals surface area (Å²) in [5.41, 5.74) is 0. The van der Waals surface area contributed by atoms with Crippen LogP contribution in [0.25, 0.3) is 0 Å². The van der Waals surface area contributed by atoms with Gasteiger partial charge in [-0.3, -0.25) is 4.90 Å². The molecule has 0 aromatic rings. The highest BCUT2D eigenvalue weighted by atomic mass is 35.7. The van der Waals surface area contributed by atoms with Crippen molar-refractivity contribution in [3.05, 3.63) is 0 Å². The lowest BCUT2D eigenvalue weighted by Crippen LogP contribution is -2.49. The second-order valence-corrected chi connectivity index (χ2v) is 7.09. The first-order chi connectivity index (χ1) is 7.47. The van der Waals surface area contributed by atoms with Crippen LogP contribution in [0.1, 0.15) is 6.42 Å². The van der Waals surface area contributed by atoms with E-state index in [0.717, 1.165) is 32.6 Å². The van der Waals surface area contributed by atoms with Crippen LogP contribution >= 0.6 is 10.7 Å². The number of nitrogens with zero attached hydrogens (tertiary/aromatic N) is 3. The van der Waals surface area contributed by atoms with E-state index in [1.165, 1.54) is 4.31 Å². The summed E-state index contributed by atoms with van der Waals surface area (Å²) in [6.07, 6.45) is 0.898. The van der Waals surface area contributed by atoms with E-state index in [1.54, 1.807) is 0 Å². The first-order valence-electron chi connectivity index (χ1n) is 5.59. The molecule has 0 saturated carbocycles. The van der Waals surface area contributed by atoms with Gasteiger partial charge >= 0.3 is 0 Å². The summed E-state index contributed by atoms with van der Waals surface area (Å²) in [7, 11) is 3.93. The predicted molar refractivity (Wildman–Crippen MR) is 63.8 cm³/mol. The summed E-state index contributed by atoms with van der Waals surface area (Å²) in [6, 6.07) is 0.349. The van der Waals surface area contributed by atoms with Gasteiger partial charge in [0, 0.05) is 56.0 Å². The quantitative estimate of drug-likeness (QED) is 0.650. The van der Waals surface area contributed by atoms with E-state index >= 15 is 0 Å². The van der Waals surface area contributed by atoms with Crippen molar-refractivity contribution >= 4 is 19.9 Å². The van der Waals surface area contributed by atoms with E-state index in [1.807, 2.05) is 0 Å². The van der Waals surface area contributed by atoms with Crippen LogP contribution in [0, 0.1) is 0 Å². The fraction of sp³-hybridized carbons (Fsp3) is 1.00. The summed E-state index contributed by atoms with van der Waals surface area (Å²) in [4.78, 5) is 4.67. The summed E-state index contributed by atoms with van der Waals surface area (Å²) < 4.78 is 23.7. The third kappa shape index (κ3) is 2.87. The summed E-state index contributed by atoms with van der Waals surface area (Å²) in [5, 5.41) is 0. The first kappa shape index (κ1) is 12.6. The van der Waals surface area contributed by atoms with Gasteiger partial charge in [0.25, 0.3) is 9.24 Å². The molecule has 5 nitrogen and oxygen atoms in total. The SMILES string of the molecule is CN1CCN(C2CCN(S(=O)(=O)Cl)C2)CC1. The molecule has 0 bridgehead atoms. The minimum absolute atomic E-state index is 0.349. The lowest BCUT2D eigenvalue weighted by atomic mass is 10.2. The summed E-state index contributed by atoms with van der Waals surface area (Å²) in [5.74, 6) is 0. The molecule has 0 spiro atoms. The fourth-order valence-corrected chi connectivity index (χ4v) is 3.44. The average Bonchev–Trinajstić information content (AvgIpc) is 2.67. The van der Waals surface area contributed by atoms with Gasteiger partial charge in [-0.1, -0.05) is 0 Å². The fourth-order valence-electron chi connectivity index (χ4n) is 2.39. The van der Waals surface area contributed by atoms with Gasteiger partial charge in [-0.15, -0.1) is 0 Å². The average molecular weight is 268 g/mol. The third-order valence-corrected chi connectivity index (χ3v) is 5.02. The zero-order chi connectivity index (χ0) is 11.8. The van der Waals surface area contributed by atoms with Crippen LogP contribution in [-0.4, -0.2) is 74.9 Å². The monoisotopic (exact) mass is 267 g/mol. The normalized spacial score (nSPS) is 31.0. The molecule has 2 aliphatic heterocycles. The van der Waals surface area contributed by atoms with Crippen molar-refractivity contribution < 1.29 is 8.42 Å². The van der Waals surface area contributed by atoms with Gasteiger partial charge in [0.2, 0.25) is 0 Å². The summed E-state index contributed by atoms with van der Waals surface area (Å²) in [6.45, 7) is 5.28. The molecule has 0 radical (unpaired) electrons. The third-order valence-electron chi connectivity index (χ3n) is 3.49. The highest BCUT2D eigenvalue weighted by Gasteiger charge is 2.34. The Kier molecular flexibility index (Phi) is 3.75. The van der Waals surface area contributed by atoms with Crippen LogP contribution in [0.4, 0.5) is 0 Å². The second kappa shape index (κ2) is 4.78. The van der Waals surface area contributed by atoms with Gasteiger partial charge in [0.1, 0.15) is 0 Å². The molecule has 0 aromatic heterocycles. The minimum atomic E-state index is -3.52. The molecule has 16 heavy (non-hydrogen) atoms. The molecular weight excluding hydrogens is 250 g/mol. The number of hydrogen-bond acceptors (Lipinski definition) is 4. The molecule has 0 aromatic carbocycles. The van der Waals surface area contributed by atoms with E-state index in [9.17, 15) is 8.42 Å². The molecule has 1 unspecified atom stereocenters. The van der Waals surface area contributed by atoms with Crippen molar-refractivity contribution in [2.24, 2.45) is 0 Å². The Morgan fingerprint density at radius 1 is 1.12 bits per heavy atom. The highest BCUT2D eigenvalue weighted by Crippen LogP contribution is 2.21. The smallest absolute Gasteiger partial charge is 0.299 e. The van der Waals surface area contributed by atoms with E-state index in [-0.39, 0.29) is 0 Å². The van der Waals surface area contributed by atoms with Gasteiger partial charge in [-0.25, -0.2) is 0 Å². The molecule has 2 heterocycles. The van der Waals surface area contributed by atoms with E-state index in [2.05, 4.69) is 16.8 Å². The standard InChI is InChI=1S/C9H18ClN3O2S/c1-11-4-6-12(7-5-11)9-2-3-13(8-9)16(10,14)15/h9H,2-8H2,1H3. The topological polar surface area (TPSA) is 43.9 Å². The number of halogens is 1. The van der Waals surface area contributed by atoms with Crippen molar-refractivity contribution in [3.8, 4) is 0 Å². The Bertz CT molecular complexity index is 341. The molecule has 0 amide bonds. The van der Waals surface area contributed by atoms with Crippen LogP contribution in [0.2, 0.25) is 0 Å². The number of piperazine rings is 1. The van der Waals surface area contributed by atoms with Crippen molar-refractivity contribution in [1.82, 2.24) is 14.1 Å². The number of likely N-dealkylation sites (N-methyl/N-ethyl adjacent to an activating group) is 1. The van der Waals surface area contributed by atoms with Crippen LogP contribution in [-0.2, 0) is 9.24 Å². The molecular formula is C9H18ClN3O2S. The molecule has 0 N–H and O–H groups in total. The Balaban J connectivity index is 1.89. The Morgan fingerprint density at radius 3 is 2.25 bits per heavy atom. The van der Waals surface area contributed by atoms with E-state index in [4.69, 9.17) is 10.7 Å². The van der Waals surface area contributed by atoms with Crippen LogP contribution in [0.5, 0.6) is 0 Å². The molecule has 2 fully saturated rings. The molecule has 2 rings (SSSR count). The van der Waals surface area contributed by atoms with Crippen molar-refractivity contribution in [2.75, 3.05) is 46.3 Å². The zero-order valence-electron chi connectivity index (χ0n) is 9.47. The van der Waals surface area contributed by atoms with Crippen molar-refractivity contribution in [2.45, 2.75) is 12.5 Å². The lowest BCUT2D eigenvalue weighted by Gasteiger charge is -2.36. The van der Waals surface area contributed by atoms with Crippen LogP contribution in [0.3, 0.4) is 0 Å². The van der Waals surface area contributed by atoms with Crippen LogP contribution in [0.15, 0.2) is 0 Å². The van der Waals surface area contributed by atoms with Gasteiger partial charge in [0.15, 0.2) is 0 Å². The molecule has 7 heteroatoms. The van der Waals surface area contributed by atoms with Gasteiger partial charge < -0.3 is 4.90 Å². The highest BCUT2D eigenvalue weighted by molar-refractivity contribution is 8.11. The zero-order valence-corrected chi connectivity index (χ0v) is 11.0. The Morgan fingerprint density at radius 2 is 1.75 bits per heavy atom. The van der Waals surface area contributed by atoms with E-state index < -0.39 is 9.24 Å². The maximum atomic E-state index is 11.2. The molecule has 0 aliphatic carbocycles. The maximum absolute atomic E-state index is 11.2. The van der Waals surface area contributed by atoms with Gasteiger partial charge in [0.05, 0.1) is 0 Å². The minimum Gasteiger partial charge on any atom is -0.304 e. The molecule has 1 atom stereocenters. The first-order valence-corrected chi connectivity index (χ1v) is 7.86. The molecule has 2 aliphatic rings.